The second-order valence-corrected chi connectivity index (χ2v) is 8.97. The van der Waals surface area contributed by atoms with Crippen LogP contribution in [0.1, 0.15) is 41.6 Å². The van der Waals surface area contributed by atoms with Gasteiger partial charge in [0, 0.05) is 38.3 Å². The molecule has 1 aromatic carbocycles. The van der Waals surface area contributed by atoms with Crippen molar-refractivity contribution in [3.8, 4) is 11.4 Å². The van der Waals surface area contributed by atoms with Gasteiger partial charge in [-0.15, -0.1) is 0 Å². The van der Waals surface area contributed by atoms with Crippen LogP contribution in [0.4, 0.5) is 14.6 Å². The number of benzene rings is 1. The Bertz CT molecular complexity index is 1220. The number of rotatable bonds is 11. The number of halogens is 2. The number of nitrogens with zero attached hydrogens (tertiary/aromatic N) is 3. The highest BCUT2D eigenvalue weighted by molar-refractivity contribution is 5.99. The Morgan fingerprint density at radius 2 is 2.08 bits per heavy atom. The van der Waals surface area contributed by atoms with Gasteiger partial charge in [-0.2, -0.15) is 5.10 Å². The third-order valence-corrected chi connectivity index (χ3v) is 6.35. The molecule has 0 bridgehead atoms. The number of H-pyrrole nitrogens is 1. The van der Waals surface area contributed by atoms with E-state index in [9.17, 15) is 18.4 Å². The average Bonchev–Trinajstić information content (AvgIpc) is 3.59. The van der Waals surface area contributed by atoms with Crippen LogP contribution in [0.5, 0.6) is 0 Å². The number of nitrogens with one attached hydrogen (secondary N) is 3. The molecule has 0 unspecified atom stereocenters. The van der Waals surface area contributed by atoms with Crippen LogP contribution in [-0.4, -0.2) is 64.1 Å². The predicted octanol–water partition coefficient (Wildman–Crippen LogP) is 2.86. The van der Waals surface area contributed by atoms with Gasteiger partial charge in [0.2, 0.25) is 5.91 Å². The lowest BCUT2D eigenvalue weighted by atomic mass is 10.1. The lowest BCUT2D eigenvalue weighted by Crippen LogP contribution is -2.43. The second-order valence-electron chi connectivity index (χ2n) is 8.97. The van der Waals surface area contributed by atoms with E-state index in [1.165, 1.54) is 12.1 Å². The molecule has 1 atom stereocenters. The molecule has 1 fully saturated rings. The highest BCUT2D eigenvalue weighted by atomic mass is 19.1. The topological polar surface area (TPSA) is 129 Å². The third kappa shape index (κ3) is 6.67. The Balaban J connectivity index is 1.48. The molecule has 0 saturated carbocycles. The van der Waals surface area contributed by atoms with Gasteiger partial charge in [0.1, 0.15) is 23.0 Å². The summed E-state index contributed by atoms with van der Waals surface area (Å²) in [5, 5.41) is 12.6. The highest BCUT2D eigenvalue weighted by Crippen LogP contribution is 2.25. The van der Waals surface area contributed by atoms with E-state index >= 15 is 0 Å². The van der Waals surface area contributed by atoms with Crippen molar-refractivity contribution >= 4 is 17.6 Å². The molecule has 3 heterocycles. The van der Waals surface area contributed by atoms with E-state index in [0.717, 1.165) is 24.5 Å². The SMILES string of the molecule is NCCCC(=O)N1CCC[C@@H]1CNC(=O)c1cc(F)c(-c2cc[nH]n2)nc1NCCc1cccc(F)c1. The number of hydrogen-bond acceptors (Lipinski definition) is 6. The van der Waals surface area contributed by atoms with Crippen LogP contribution in [0.2, 0.25) is 0 Å². The summed E-state index contributed by atoms with van der Waals surface area (Å²) >= 11 is 0. The molecule has 2 amide bonds. The van der Waals surface area contributed by atoms with Gasteiger partial charge >= 0.3 is 0 Å². The maximum atomic E-state index is 15.0. The summed E-state index contributed by atoms with van der Waals surface area (Å²) in [4.78, 5) is 31.8. The number of nitrogens with two attached hydrogens (primary N) is 1. The monoisotopic (exact) mass is 511 g/mol. The van der Waals surface area contributed by atoms with Crippen LogP contribution in [0, 0.1) is 11.6 Å². The van der Waals surface area contributed by atoms with Gasteiger partial charge in [0.15, 0.2) is 5.82 Å². The summed E-state index contributed by atoms with van der Waals surface area (Å²) in [6.45, 7) is 1.68. The molecule has 5 N–H and O–H groups in total. The molecule has 9 nitrogen and oxygen atoms in total. The Kier molecular flexibility index (Phi) is 8.78. The minimum atomic E-state index is -0.688. The van der Waals surface area contributed by atoms with E-state index in [2.05, 4.69) is 25.8 Å². The number of aromatic amines is 1. The number of hydrogen-bond donors (Lipinski definition) is 4. The molecule has 0 aliphatic carbocycles. The molecule has 11 heteroatoms. The van der Waals surface area contributed by atoms with Crippen molar-refractivity contribution in [1.82, 2.24) is 25.4 Å². The largest absolute Gasteiger partial charge is 0.369 e. The maximum Gasteiger partial charge on any atom is 0.255 e. The zero-order chi connectivity index (χ0) is 26.2. The van der Waals surface area contributed by atoms with Crippen LogP contribution in [0.25, 0.3) is 11.4 Å². The lowest BCUT2D eigenvalue weighted by molar-refractivity contribution is -0.132. The van der Waals surface area contributed by atoms with Crippen molar-refractivity contribution in [1.29, 1.82) is 0 Å². The van der Waals surface area contributed by atoms with Gasteiger partial charge in [-0.25, -0.2) is 13.8 Å². The first-order valence-corrected chi connectivity index (χ1v) is 12.4. The van der Waals surface area contributed by atoms with Crippen LogP contribution < -0.4 is 16.4 Å². The molecule has 2 aromatic heterocycles. The Labute approximate surface area is 213 Å². The Hall–Kier alpha value is -3.86. The van der Waals surface area contributed by atoms with Gasteiger partial charge < -0.3 is 21.3 Å². The van der Waals surface area contributed by atoms with Crippen molar-refractivity contribution in [2.75, 3.05) is 31.5 Å². The molecule has 0 spiro atoms. The third-order valence-electron chi connectivity index (χ3n) is 6.35. The average molecular weight is 512 g/mol. The van der Waals surface area contributed by atoms with Gasteiger partial charge in [0.05, 0.1) is 5.56 Å². The normalized spacial score (nSPS) is 15.1. The molecule has 196 valence electrons. The zero-order valence-electron chi connectivity index (χ0n) is 20.5. The number of amides is 2. The van der Waals surface area contributed by atoms with Crippen LogP contribution >= 0.6 is 0 Å². The van der Waals surface area contributed by atoms with E-state index in [1.807, 2.05) is 0 Å². The van der Waals surface area contributed by atoms with Gasteiger partial charge in [-0.3, -0.25) is 14.7 Å². The summed E-state index contributed by atoms with van der Waals surface area (Å²) in [7, 11) is 0. The molecule has 1 saturated heterocycles. The minimum Gasteiger partial charge on any atom is -0.369 e. The summed E-state index contributed by atoms with van der Waals surface area (Å²) in [6.07, 6.45) is 4.65. The first kappa shape index (κ1) is 26.2. The number of likely N-dealkylation sites (tertiary alicyclic amines) is 1. The van der Waals surface area contributed by atoms with Gasteiger partial charge in [0.25, 0.3) is 5.91 Å². The number of pyridine rings is 1. The van der Waals surface area contributed by atoms with Crippen molar-refractivity contribution < 1.29 is 18.4 Å². The summed E-state index contributed by atoms with van der Waals surface area (Å²) in [5.41, 5.74) is 6.63. The molecular formula is C26H31F2N7O2. The predicted molar refractivity (Wildman–Crippen MR) is 136 cm³/mol. The van der Waals surface area contributed by atoms with Crippen LogP contribution in [0.3, 0.4) is 0 Å². The molecule has 1 aliphatic heterocycles. The fourth-order valence-electron chi connectivity index (χ4n) is 4.47. The lowest BCUT2D eigenvalue weighted by Gasteiger charge is -2.25. The summed E-state index contributed by atoms with van der Waals surface area (Å²) in [5.74, 6) is -1.31. The van der Waals surface area contributed by atoms with E-state index in [-0.39, 0.29) is 41.4 Å². The van der Waals surface area contributed by atoms with E-state index < -0.39 is 11.7 Å². The number of carbonyl (C=O) groups excluding carboxylic acids is 2. The van der Waals surface area contributed by atoms with Crippen LogP contribution in [0.15, 0.2) is 42.6 Å². The van der Waals surface area contributed by atoms with Crippen molar-refractivity contribution in [3.05, 3.63) is 65.4 Å². The van der Waals surface area contributed by atoms with Crippen molar-refractivity contribution in [3.63, 3.8) is 0 Å². The van der Waals surface area contributed by atoms with Gasteiger partial charge in [-0.05, 0) is 62.1 Å². The number of carbonyl (C=O) groups is 2. The molecule has 3 aromatic rings. The molecular weight excluding hydrogens is 480 g/mol. The minimum absolute atomic E-state index is 0.00137. The standard InChI is InChI=1S/C26H31F2N7O2/c27-18-5-1-4-17(14-18)8-11-30-25-20(15-21(28)24(33-25)22-9-12-32-34-22)26(37)31-16-19-6-3-13-35(19)23(36)7-2-10-29/h1,4-5,9,12,14-15,19H,2-3,6-8,10-11,13,16,29H2,(H,30,33)(H,31,37)(H,32,34)/t19-/m1/s1. The number of anilines is 1. The van der Waals surface area contributed by atoms with E-state index in [1.54, 1.807) is 29.3 Å². The molecule has 37 heavy (non-hydrogen) atoms. The molecule has 1 aliphatic rings. The van der Waals surface area contributed by atoms with Crippen LogP contribution in [-0.2, 0) is 11.2 Å². The molecule has 0 radical (unpaired) electrons. The van der Waals surface area contributed by atoms with Crippen molar-refractivity contribution in [2.45, 2.75) is 38.1 Å². The second kappa shape index (κ2) is 12.4. The fourth-order valence-corrected chi connectivity index (χ4v) is 4.47. The zero-order valence-corrected chi connectivity index (χ0v) is 20.5. The first-order chi connectivity index (χ1) is 18.0. The van der Waals surface area contributed by atoms with E-state index in [0.29, 0.717) is 44.6 Å². The Morgan fingerprint density at radius 3 is 2.84 bits per heavy atom. The maximum absolute atomic E-state index is 15.0. The molecule has 4 rings (SSSR count). The highest BCUT2D eigenvalue weighted by Gasteiger charge is 2.29. The smallest absolute Gasteiger partial charge is 0.255 e. The summed E-state index contributed by atoms with van der Waals surface area (Å²) < 4.78 is 28.5. The summed E-state index contributed by atoms with van der Waals surface area (Å²) in [6, 6.07) is 8.82. The van der Waals surface area contributed by atoms with Crippen molar-refractivity contribution in [2.24, 2.45) is 5.73 Å². The number of aromatic nitrogens is 3. The fraction of sp³-hybridized carbons (Fsp3) is 0.385. The quantitative estimate of drug-likeness (QED) is 0.313. The van der Waals surface area contributed by atoms with Gasteiger partial charge in [-0.1, -0.05) is 12.1 Å². The van der Waals surface area contributed by atoms with E-state index in [4.69, 9.17) is 5.73 Å². The Morgan fingerprint density at radius 1 is 1.22 bits per heavy atom. The first-order valence-electron chi connectivity index (χ1n) is 12.4.